The zero-order valence-electron chi connectivity index (χ0n) is 13.5. The topological polar surface area (TPSA) is 76.8 Å². The molecule has 0 aliphatic carbocycles. The summed E-state index contributed by atoms with van der Waals surface area (Å²) in [5, 5.41) is 2.95. The molecule has 1 N–H and O–H groups in total. The molecule has 24 heavy (non-hydrogen) atoms. The van der Waals surface area contributed by atoms with Crippen LogP contribution in [-0.2, 0) is 14.3 Å². The van der Waals surface area contributed by atoms with Crippen molar-refractivity contribution in [2.24, 2.45) is 5.92 Å². The van der Waals surface area contributed by atoms with Crippen molar-refractivity contribution < 1.29 is 18.7 Å². The highest BCUT2D eigenvalue weighted by Crippen LogP contribution is 2.26. The molecular formula is C17H21N3O4. The number of rotatable bonds is 3. The van der Waals surface area contributed by atoms with Gasteiger partial charge in [0.15, 0.2) is 5.58 Å². The van der Waals surface area contributed by atoms with Crippen LogP contribution in [0.4, 0.5) is 11.7 Å². The number of ether oxygens (including phenoxy) is 2. The largest absolute Gasteiger partial charge is 0.423 e. The summed E-state index contributed by atoms with van der Waals surface area (Å²) in [6.07, 6.45) is 1.81. The van der Waals surface area contributed by atoms with Crippen LogP contribution in [0.3, 0.4) is 0 Å². The van der Waals surface area contributed by atoms with Crippen molar-refractivity contribution in [3.63, 3.8) is 0 Å². The fourth-order valence-corrected chi connectivity index (χ4v) is 3.07. The van der Waals surface area contributed by atoms with Crippen LogP contribution >= 0.6 is 0 Å². The minimum absolute atomic E-state index is 0.00182. The molecule has 0 spiro atoms. The number of anilines is 2. The van der Waals surface area contributed by atoms with Gasteiger partial charge in [0.05, 0.1) is 25.7 Å². The molecule has 2 aliphatic heterocycles. The maximum absolute atomic E-state index is 12.3. The maximum Gasteiger partial charge on any atom is 0.298 e. The Kier molecular flexibility index (Phi) is 4.36. The van der Waals surface area contributed by atoms with Crippen LogP contribution in [0.5, 0.6) is 0 Å². The second-order valence-corrected chi connectivity index (χ2v) is 6.18. The summed E-state index contributed by atoms with van der Waals surface area (Å²) < 4.78 is 16.6. The van der Waals surface area contributed by atoms with E-state index in [0.717, 1.165) is 43.7 Å². The van der Waals surface area contributed by atoms with Gasteiger partial charge in [-0.1, -0.05) is 0 Å². The Hall–Kier alpha value is -2.12. The lowest BCUT2D eigenvalue weighted by Crippen LogP contribution is -2.36. The van der Waals surface area contributed by atoms with Crippen molar-refractivity contribution in [2.45, 2.75) is 12.8 Å². The van der Waals surface area contributed by atoms with E-state index in [2.05, 4.69) is 15.2 Å². The molecule has 1 aromatic carbocycles. The molecular weight excluding hydrogens is 310 g/mol. The number of hydrogen-bond donors (Lipinski definition) is 1. The molecule has 2 saturated heterocycles. The quantitative estimate of drug-likeness (QED) is 0.927. The van der Waals surface area contributed by atoms with Gasteiger partial charge in [0.2, 0.25) is 5.91 Å². The number of aromatic nitrogens is 1. The molecule has 1 amide bonds. The van der Waals surface area contributed by atoms with Crippen LogP contribution in [0.15, 0.2) is 22.6 Å². The normalized spacial score (nSPS) is 21.8. The van der Waals surface area contributed by atoms with E-state index in [1.54, 1.807) is 0 Å². The predicted octanol–water partition coefficient (Wildman–Crippen LogP) is 2.03. The molecule has 0 saturated carbocycles. The van der Waals surface area contributed by atoms with Gasteiger partial charge in [0, 0.05) is 31.5 Å². The van der Waals surface area contributed by atoms with Gasteiger partial charge in [0.25, 0.3) is 6.01 Å². The number of morpholine rings is 1. The number of hydrogen-bond acceptors (Lipinski definition) is 6. The maximum atomic E-state index is 12.3. The Morgan fingerprint density at radius 1 is 1.21 bits per heavy atom. The first-order valence-corrected chi connectivity index (χ1v) is 8.41. The lowest BCUT2D eigenvalue weighted by atomic mass is 10.0. The van der Waals surface area contributed by atoms with E-state index in [-0.39, 0.29) is 11.8 Å². The molecule has 2 fully saturated rings. The highest BCUT2D eigenvalue weighted by atomic mass is 16.5. The Balaban J connectivity index is 1.49. The third-order valence-corrected chi connectivity index (χ3v) is 4.46. The molecule has 2 aromatic rings. The number of nitrogens with one attached hydrogen (secondary N) is 1. The van der Waals surface area contributed by atoms with Gasteiger partial charge in [0.1, 0.15) is 5.52 Å². The molecule has 2 aliphatic rings. The molecule has 7 heteroatoms. The second kappa shape index (κ2) is 6.78. The standard InChI is InChI=1S/C17H21N3O4/c21-16(12-2-1-7-23-11-12)18-13-3-4-14-15(10-13)24-17(19-14)20-5-8-22-9-6-20/h3-4,10,12H,1-2,5-9,11H2,(H,18,21). The van der Waals surface area contributed by atoms with E-state index in [1.807, 2.05) is 18.2 Å². The zero-order valence-corrected chi connectivity index (χ0v) is 13.5. The number of oxazole rings is 1. The van der Waals surface area contributed by atoms with E-state index in [1.165, 1.54) is 0 Å². The van der Waals surface area contributed by atoms with Crippen LogP contribution < -0.4 is 10.2 Å². The predicted molar refractivity (Wildman–Crippen MR) is 89.2 cm³/mol. The summed E-state index contributed by atoms with van der Waals surface area (Å²) in [6, 6.07) is 6.16. The lowest BCUT2D eigenvalue weighted by molar-refractivity contribution is -0.123. The highest BCUT2D eigenvalue weighted by Gasteiger charge is 2.22. The molecule has 0 bridgehead atoms. The third-order valence-electron chi connectivity index (χ3n) is 4.46. The fraction of sp³-hybridized carbons (Fsp3) is 0.529. The van der Waals surface area contributed by atoms with E-state index in [9.17, 15) is 4.79 Å². The minimum atomic E-state index is -0.0758. The van der Waals surface area contributed by atoms with Gasteiger partial charge in [-0.05, 0) is 25.0 Å². The number of benzene rings is 1. The number of carbonyl (C=O) groups is 1. The fourth-order valence-electron chi connectivity index (χ4n) is 3.07. The minimum Gasteiger partial charge on any atom is -0.423 e. The number of fused-ring (bicyclic) bond motifs is 1. The van der Waals surface area contributed by atoms with Gasteiger partial charge in [-0.15, -0.1) is 0 Å². The summed E-state index contributed by atoms with van der Waals surface area (Å²) in [6.45, 7) is 4.17. The van der Waals surface area contributed by atoms with Crippen LogP contribution in [0.1, 0.15) is 12.8 Å². The SMILES string of the molecule is O=C(Nc1ccc2nc(N3CCOCC3)oc2c1)C1CCCOC1. The summed E-state index contributed by atoms with van der Waals surface area (Å²) in [4.78, 5) is 18.9. The van der Waals surface area contributed by atoms with Crippen molar-refractivity contribution >= 4 is 28.7 Å². The summed E-state index contributed by atoms with van der Waals surface area (Å²) in [5.74, 6) is -0.0740. The molecule has 1 atom stereocenters. The molecule has 0 radical (unpaired) electrons. The number of nitrogens with zero attached hydrogens (tertiary/aromatic N) is 2. The number of carbonyl (C=O) groups excluding carboxylic acids is 1. The highest BCUT2D eigenvalue weighted by molar-refractivity contribution is 5.94. The Labute approximate surface area is 139 Å². The monoisotopic (exact) mass is 331 g/mol. The first-order valence-electron chi connectivity index (χ1n) is 8.41. The van der Waals surface area contributed by atoms with E-state index in [4.69, 9.17) is 13.9 Å². The van der Waals surface area contributed by atoms with Crippen LogP contribution in [0.25, 0.3) is 11.1 Å². The Morgan fingerprint density at radius 3 is 2.88 bits per heavy atom. The molecule has 4 rings (SSSR count). The van der Waals surface area contributed by atoms with E-state index in [0.29, 0.717) is 31.4 Å². The molecule has 1 aromatic heterocycles. The van der Waals surface area contributed by atoms with Crippen molar-refractivity contribution in [1.29, 1.82) is 0 Å². The average Bonchev–Trinajstić information content (AvgIpc) is 3.06. The van der Waals surface area contributed by atoms with Crippen molar-refractivity contribution in [2.75, 3.05) is 49.7 Å². The Morgan fingerprint density at radius 2 is 2.08 bits per heavy atom. The van der Waals surface area contributed by atoms with Crippen molar-refractivity contribution in [3.05, 3.63) is 18.2 Å². The summed E-state index contributed by atoms with van der Waals surface area (Å²) in [7, 11) is 0. The van der Waals surface area contributed by atoms with E-state index < -0.39 is 0 Å². The first kappa shape index (κ1) is 15.4. The van der Waals surface area contributed by atoms with Gasteiger partial charge in [-0.2, -0.15) is 4.98 Å². The average molecular weight is 331 g/mol. The number of amides is 1. The van der Waals surface area contributed by atoms with E-state index >= 15 is 0 Å². The molecule has 7 nitrogen and oxygen atoms in total. The Bertz CT molecular complexity index is 718. The second-order valence-electron chi connectivity index (χ2n) is 6.18. The summed E-state index contributed by atoms with van der Waals surface area (Å²) >= 11 is 0. The van der Waals surface area contributed by atoms with Gasteiger partial charge >= 0.3 is 0 Å². The van der Waals surface area contributed by atoms with Crippen molar-refractivity contribution in [3.8, 4) is 0 Å². The first-order chi connectivity index (χ1) is 11.8. The zero-order chi connectivity index (χ0) is 16.4. The van der Waals surface area contributed by atoms with Crippen molar-refractivity contribution in [1.82, 2.24) is 4.98 Å². The van der Waals surface area contributed by atoms with Crippen LogP contribution in [0.2, 0.25) is 0 Å². The summed E-state index contributed by atoms with van der Waals surface area (Å²) in [5.41, 5.74) is 2.19. The van der Waals surface area contributed by atoms with Crippen LogP contribution in [-0.4, -0.2) is 50.4 Å². The van der Waals surface area contributed by atoms with Gasteiger partial charge in [-0.25, -0.2) is 0 Å². The van der Waals surface area contributed by atoms with Crippen LogP contribution in [0, 0.1) is 5.92 Å². The molecule has 128 valence electrons. The van der Waals surface area contributed by atoms with Gasteiger partial charge in [-0.3, -0.25) is 4.79 Å². The third kappa shape index (κ3) is 3.22. The smallest absolute Gasteiger partial charge is 0.298 e. The lowest BCUT2D eigenvalue weighted by Gasteiger charge is -2.24. The molecule has 3 heterocycles. The van der Waals surface area contributed by atoms with Gasteiger partial charge < -0.3 is 24.1 Å². The molecule has 1 unspecified atom stereocenters.